The average Bonchev–Trinajstić information content (AvgIpc) is 3.11. The Kier molecular flexibility index (Phi) is 3.48. The second-order valence-corrected chi connectivity index (χ2v) is 5.56. The molecule has 0 bridgehead atoms. The zero-order chi connectivity index (χ0) is 17.4. The summed E-state index contributed by atoms with van der Waals surface area (Å²) >= 11 is 6.32. The lowest BCUT2D eigenvalue weighted by Crippen LogP contribution is -2.04. The molecule has 25 heavy (non-hydrogen) atoms. The van der Waals surface area contributed by atoms with E-state index in [0.717, 1.165) is 10.9 Å². The molecule has 3 aromatic heterocycles. The van der Waals surface area contributed by atoms with Gasteiger partial charge >= 0.3 is 0 Å². The molecule has 4 rings (SSSR count). The molecule has 0 aliphatic rings. The SMILES string of the molecule is N#Cc1nc(-c2cc(Cl)c3[nH]ncc3c2)c(-c2cnccn2)nc1N. The topological polar surface area (TPSA) is 130 Å². The summed E-state index contributed by atoms with van der Waals surface area (Å²) in [5, 5.41) is 17.3. The van der Waals surface area contributed by atoms with Crippen LogP contribution in [0.5, 0.6) is 0 Å². The molecule has 9 heteroatoms. The molecule has 0 saturated carbocycles. The predicted molar refractivity (Wildman–Crippen MR) is 92.3 cm³/mol. The van der Waals surface area contributed by atoms with Crippen molar-refractivity contribution in [2.24, 2.45) is 0 Å². The summed E-state index contributed by atoms with van der Waals surface area (Å²) in [5.74, 6) is 0.0300. The molecule has 0 aliphatic heterocycles. The number of nitrogens with one attached hydrogen (secondary N) is 1. The van der Waals surface area contributed by atoms with Crippen molar-refractivity contribution in [2.75, 3.05) is 5.73 Å². The van der Waals surface area contributed by atoms with Gasteiger partial charge in [-0.05, 0) is 12.1 Å². The van der Waals surface area contributed by atoms with Gasteiger partial charge < -0.3 is 5.73 Å². The number of hydrogen-bond acceptors (Lipinski definition) is 7. The van der Waals surface area contributed by atoms with Crippen molar-refractivity contribution in [1.29, 1.82) is 5.26 Å². The van der Waals surface area contributed by atoms with Crippen molar-refractivity contribution in [3.8, 4) is 28.7 Å². The summed E-state index contributed by atoms with van der Waals surface area (Å²) in [6, 6.07) is 5.52. The Bertz CT molecular complexity index is 1130. The zero-order valence-electron chi connectivity index (χ0n) is 12.6. The van der Waals surface area contributed by atoms with Gasteiger partial charge in [0.15, 0.2) is 11.5 Å². The highest BCUT2D eigenvalue weighted by Crippen LogP contribution is 2.33. The molecule has 0 aliphatic carbocycles. The highest BCUT2D eigenvalue weighted by molar-refractivity contribution is 6.35. The normalized spacial score (nSPS) is 10.7. The monoisotopic (exact) mass is 348 g/mol. The Morgan fingerprint density at radius 1 is 1.12 bits per heavy atom. The van der Waals surface area contributed by atoms with Crippen molar-refractivity contribution in [2.45, 2.75) is 0 Å². The van der Waals surface area contributed by atoms with Crippen LogP contribution in [-0.4, -0.2) is 30.1 Å². The summed E-state index contributed by atoms with van der Waals surface area (Å²) in [6.45, 7) is 0. The van der Waals surface area contributed by atoms with Crippen molar-refractivity contribution in [3.05, 3.63) is 47.6 Å². The van der Waals surface area contributed by atoms with Crippen LogP contribution in [0.3, 0.4) is 0 Å². The number of aromatic amines is 1. The first-order valence-corrected chi connectivity index (χ1v) is 7.52. The average molecular weight is 349 g/mol. The number of anilines is 1. The molecule has 1 aromatic carbocycles. The van der Waals surface area contributed by atoms with Gasteiger partial charge in [-0.25, -0.2) is 9.97 Å². The maximum atomic E-state index is 9.24. The number of nitriles is 1. The largest absolute Gasteiger partial charge is 0.381 e. The van der Waals surface area contributed by atoms with Crippen LogP contribution in [0.25, 0.3) is 33.5 Å². The minimum absolute atomic E-state index is 0.0300. The zero-order valence-corrected chi connectivity index (χ0v) is 13.4. The Morgan fingerprint density at radius 2 is 2.00 bits per heavy atom. The molecular formula is C16H9ClN8. The molecule has 0 amide bonds. The number of benzene rings is 1. The number of nitrogen functional groups attached to an aromatic ring is 1. The van der Waals surface area contributed by atoms with Gasteiger partial charge in [-0.15, -0.1) is 0 Å². The van der Waals surface area contributed by atoms with Crippen LogP contribution >= 0.6 is 11.6 Å². The molecule has 0 saturated heterocycles. The van der Waals surface area contributed by atoms with Crippen molar-refractivity contribution in [1.82, 2.24) is 30.1 Å². The maximum absolute atomic E-state index is 9.24. The summed E-state index contributed by atoms with van der Waals surface area (Å²) in [5.41, 5.74) is 8.61. The number of fused-ring (bicyclic) bond motifs is 1. The molecular weight excluding hydrogens is 340 g/mol. The number of aromatic nitrogens is 6. The third-order valence-corrected chi connectivity index (χ3v) is 3.91. The standard InChI is InChI=1S/C16H9ClN8/c17-10-4-8(3-9-6-22-25-13(9)10)14-15(12-7-20-1-2-21-12)24-16(19)11(5-18)23-14/h1-4,6-7H,(H2,19,24)(H,22,25). The van der Waals surface area contributed by atoms with E-state index in [-0.39, 0.29) is 11.5 Å². The lowest BCUT2D eigenvalue weighted by molar-refractivity contribution is 1.12. The molecule has 0 unspecified atom stereocenters. The second-order valence-electron chi connectivity index (χ2n) is 5.15. The maximum Gasteiger partial charge on any atom is 0.183 e. The van der Waals surface area contributed by atoms with Gasteiger partial charge in [0.1, 0.15) is 23.2 Å². The van der Waals surface area contributed by atoms with E-state index in [1.165, 1.54) is 0 Å². The number of nitrogens with two attached hydrogens (primary N) is 1. The van der Waals surface area contributed by atoms with Crippen LogP contribution in [0.2, 0.25) is 5.02 Å². The van der Waals surface area contributed by atoms with Crippen LogP contribution in [0, 0.1) is 11.3 Å². The number of halogens is 1. The lowest BCUT2D eigenvalue weighted by Gasteiger charge is -2.10. The highest BCUT2D eigenvalue weighted by atomic mass is 35.5. The predicted octanol–water partition coefficient (Wildman–Crippen LogP) is 2.58. The van der Waals surface area contributed by atoms with Gasteiger partial charge in [0.2, 0.25) is 0 Å². The van der Waals surface area contributed by atoms with Gasteiger partial charge in [0.05, 0.1) is 22.9 Å². The van der Waals surface area contributed by atoms with Gasteiger partial charge in [-0.2, -0.15) is 10.4 Å². The minimum Gasteiger partial charge on any atom is -0.381 e. The second kappa shape index (κ2) is 5.81. The van der Waals surface area contributed by atoms with Crippen LogP contribution < -0.4 is 5.73 Å². The van der Waals surface area contributed by atoms with E-state index in [1.54, 1.807) is 30.9 Å². The summed E-state index contributed by atoms with van der Waals surface area (Å²) in [7, 11) is 0. The molecule has 0 spiro atoms. The minimum atomic E-state index is 0.0300. The van der Waals surface area contributed by atoms with Crippen LogP contribution in [-0.2, 0) is 0 Å². The summed E-state index contributed by atoms with van der Waals surface area (Å²) in [6.07, 6.45) is 6.30. The van der Waals surface area contributed by atoms with E-state index in [9.17, 15) is 5.26 Å². The van der Waals surface area contributed by atoms with Crippen LogP contribution in [0.1, 0.15) is 5.69 Å². The third kappa shape index (κ3) is 2.52. The Morgan fingerprint density at radius 3 is 2.76 bits per heavy atom. The smallest absolute Gasteiger partial charge is 0.183 e. The van der Waals surface area contributed by atoms with E-state index in [0.29, 0.717) is 27.7 Å². The van der Waals surface area contributed by atoms with Gasteiger partial charge in [0, 0.05) is 23.3 Å². The van der Waals surface area contributed by atoms with E-state index in [4.69, 9.17) is 17.3 Å². The highest BCUT2D eigenvalue weighted by Gasteiger charge is 2.18. The van der Waals surface area contributed by atoms with Gasteiger partial charge in [-0.1, -0.05) is 11.6 Å². The molecule has 0 atom stereocenters. The molecule has 3 heterocycles. The van der Waals surface area contributed by atoms with E-state index >= 15 is 0 Å². The Hall–Kier alpha value is -3.57. The van der Waals surface area contributed by atoms with Crippen molar-refractivity contribution in [3.63, 3.8) is 0 Å². The molecule has 8 nitrogen and oxygen atoms in total. The first kappa shape index (κ1) is 15.0. The molecule has 4 aromatic rings. The van der Waals surface area contributed by atoms with Crippen molar-refractivity contribution < 1.29 is 0 Å². The summed E-state index contributed by atoms with van der Waals surface area (Å²) in [4.78, 5) is 17.0. The fraction of sp³-hybridized carbons (Fsp3) is 0. The fourth-order valence-corrected chi connectivity index (χ4v) is 2.75. The molecule has 3 N–H and O–H groups in total. The van der Waals surface area contributed by atoms with Crippen molar-refractivity contribution >= 4 is 28.3 Å². The Balaban J connectivity index is 2.03. The number of hydrogen-bond donors (Lipinski definition) is 2. The van der Waals surface area contributed by atoms with Crippen LogP contribution in [0.15, 0.2) is 36.9 Å². The lowest BCUT2D eigenvalue weighted by atomic mass is 10.1. The third-order valence-electron chi connectivity index (χ3n) is 3.61. The molecule has 0 fully saturated rings. The molecule has 0 radical (unpaired) electrons. The summed E-state index contributed by atoms with van der Waals surface area (Å²) < 4.78 is 0. The van der Waals surface area contributed by atoms with E-state index in [1.807, 2.05) is 12.1 Å². The first-order valence-electron chi connectivity index (χ1n) is 7.14. The van der Waals surface area contributed by atoms with Gasteiger partial charge in [0.25, 0.3) is 0 Å². The Labute approximate surface area is 146 Å². The van der Waals surface area contributed by atoms with E-state index in [2.05, 4.69) is 30.1 Å². The van der Waals surface area contributed by atoms with Crippen LogP contribution in [0.4, 0.5) is 5.82 Å². The first-order chi connectivity index (χ1) is 12.2. The fourth-order valence-electron chi connectivity index (χ4n) is 2.48. The number of H-pyrrole nitrogens is 1. The number of rotatable bonds is 2. The number of nitrogens with zero attached hydrogens (tertiary/aromatic N) is 6. The molecule has 120 valence electrons. The van der Waals surface area contributed by atoms with E-state index < -0.39 is 0 Å². The van der Waals surface area contributed by atoms with Gasteiger partial charge in [-0.3, -0.25) is 15.1 Å². The quantitative estimate of drug-likeness (QED) is 0.569.